The minimum atomic E-state index is -0.461. The molecule has 118 valence electrons. The number of hydrogen-bond donors (Lipinski definition) is 2. The van der Waals surface area contributed by atoms with Crippen molar-refractivity contribution in [1.29, 1.82) is 0 Å². The quantitative estimate of drug-likeness (QED) is 0.502. The van der Waals surface area contributed by atoms with E-state index in [-0.39, 0.29) is 17.6 Å². The van der Waals surface area contributed by atoms with Gasteiger partial charge < -0.3 is 20.1 Å². The zero-order valence-corrected chi connectivity index (χ0v) is 12.6. The summed E-state index contributed by atoms with van der Waals surface area (Å²) in [5.74, 6) is 0.824. The minimum Gasteiger partial charge on any atom is -0.382 e. The van der Waals surface area contributed by atoms with Crippen LogP contribution < -0.4 is 10.6 Å². The fourth-order valence-corrected chi connectivity index (χ4v) is 1.69. The van der Waals surface area contributed by atoms with Gasteiger partial charge in [0.25, 0.3) is 0 Å². The topological polar surface area (TPSA) is 98.6 Å². The van der Waals surface area contributed by atoms with Crippen LogP contribution in [-0.4, -0.2) is 49.9 Å². The van der Waals surface area contributed by atoms with Crippen LogP contribution in [0.3, 0.4) is 0 Å². The fraction of sp³-hybridized carbons (Fsp3) is 0.615. The Bertz CT molecular complexity index is 456. The zero-order chi connectivity index (χ0) is 15.7. The third kappa shape index (κ3) is 5.52. The van der Waals surface area contributed by atoms with Gasteiger partial charge in [0.1, 0.15) is 5.82 Å². The molecule has 0 aromatic carbocycles. The average molecular weight is 298 g/mol. The molecular formula is C13H22N4O4. The van der Waals surface area contributed by atoms with Gasteiger partial charge in [0.15, 0.2) is 0 Å². The Balaban J connectivity index is 2.82. The second kappa shape index (κ2) is 9.09. The summed E-state index contributed by atoms with van der Waals surface area (Å²) in [4.78, 5) is 14.8. The van der Waals surface area contributed by atoms with E-state index in [0.717, 1.165) is 13.0 Å². The van der Waals surface area contributed by atoms with Crippen LogP contribution in [0.25, 0.3) is 0 Å². The smallest absolute Gasteiger partial charge is 0.311 e. The molecule has 0 saturated heterocycles. The summed E-state index contributed by atoms with van der Waals surface area (Å²) >= 11 is 0. The van der Waals surface area contributed by atoms with Crippen molar-refractivity contribution in [3.05, 3.63) is 22.2 Å². The van der Waals surface area contributed by atoms with Crippen LogP contribution in [0.1, 0.15) is 13.3 Å². The Morgan fingerprint density at radius 3 is 2.71 bits per heavy atom. The summed E-state index contributed by atoms with van der Waals surface area (Å²) in [7, 11) is 3.13. The van der Waals surface area contributed by atoms with Gasteiger partial charge >= 0.3 is 5.69 Å². The van der Waals surface area contributed by atoms with Gasteiger partial charge in [-0.15, -0.1) is 0 Å². The Kier molecular flexibility index (Phi) is 7.41. The molecule has 2 N–H and O–H groups in total. The second-order valence-electron chi connectivity index (χ2n) is 4.44. The first-order valence-electron chi connectivity index (χ1n) is 6.77. The van der Waals surface area contributed by atoms with E-state index in [1.807, 2.05) is 6.92 Å². The predicted octanol–water partition coefficient (Wildman–Crippen LogP) is 1.88. The first-order chi connectivity index (χ1) is 10.1. The van der Waals surface area contributed by atoms with E-state index in [2.05, 4.69) is 15.6 Å². The van der Waals surface area contributed by atoms with Gasteiger partial charge in [-0.1, -0.05) is 6.92 Å². The predicted molar refractivity (Wildman–Crippen MR) is 80.8 cm³/mol. The van der Waals surface area contributed by atoms with Gasteiger partial charge in [-0.2, -0.15) is 0 Å². The third-order valence-corrected chi connectivity index (χ3v) is 2.81. The van der Waals surface area contributed by atoms with Crippen LogP contribution in [0, 0.1) is 10.1 Å². The molecule has 0 amide bonds. The van der Waals surface area contributed by atoms with Gasteiger partial charge in [0.05, 0.1) is 17.6 Å². The van der Waals surface area contributed by atoms with Crippen molar-refractivity contribution in [2.24, 2.45) is 0 Å². The lowest BCUT2D eigenvalue weighted by Gasteiger charge is -2.15. The average Bonchev–Trinajstić information content (AvgIpc) is 2.49. The van der Waals surface area contributed by atoms with Crippen molar-refractivity contribution >= 4 is 17.3 Å². The summed E-state index contributed by atoms with van der Waals surface area (Å²) < 4.78 is 10.2. The molecule has 8 heteroatoms. The number of pyridine rings is 1. The highest BCUT2D eigenvalue weighted by Gasteiger charge is 2.17. The molecule has 0 fully saturated rings. The summed E-state index contributed by atoms with van der Waals surface area (Å²) in [5.41, 5.74) is -0.0654. The molecule has 21 heavy (non-hydrogen) atoms. The maximum absolute atomic E-state index is 11.0. The number of nitrogens with one attached hydrogen (secondary N) is 2. The van der Waals surface area contributed by atoms with Gasteiger partial charge in [-0.25, -0.2) is 4.98 Å². The standard InChI is InChI=1S/C13H22N4O4/c1-4-7-14-12-6-5-11(17(18)19)13(16-12)15-8-10(21-3)9-20-2/h5-6,10H,4,7-9H2,1-3H3,(H2,14,15,16). The molecule has 8 nitrogen and oxygen atoms in total. The summed E-state index contributed by atoms with van der Waals surface area (Å²) in [6.45, 7) is 3.56. The first-order valence-corrected chi connectivity index (χ1v) is 6.77. The van der Waals surface area contributed by atoms with Gasteiger partial charge in [-0.3, -0.25) is 10.1 Å². The molecule has 1 aromatic heterocycles. The number of nitrogens with zero attached hydrogens (tertiary/aromatic N) is 2. The molecule has 0 radical (unpaired) electrons. The highest BCUT2D eigenvalue weighted by atomic mass is 16.6. The molecule has 0 aliphatic carbocycles. The monoisotopic (exact) mass is 298 g/mol. The molecule has 1 atom stereocenters. The van der Waals surface area contributed by atoms with E-state index in [1.165, 1.54) is 6.07 Å². The van der Waals surface area contributed by atoms with Crippen LogP contribution in [0.15, 0.2) is 12.1 Å². The van der Waals surface area contributed by atoms with Crippen molar-refractivity contribution in [2.75, 3.05) is 44.5 Å². The van der Waals surface area contributed by atoms with Crippen molar-refractivity contribution in [2.45, 2.75) is 19.4 Å². The maximum atomic E-state index is 11.0. The molecule has 1 unspecified atom stereocenters. The number of rotatable bonds is 10. The summed E-state index contributed by atoms with van der Waals surface area (Å²) in [6.07, 6.45) is 0.741. The molecular weight excluding hydrogens is 276 g/mol. The number of anilines is 2. The van der Waals surface area contributed by atoms with Crippen molar-refractivity contribution in [1.82, 2.24) is 4.98 Å². The number of nitro groups is 1. The van der Waals surface area contributed by atoms with E-state index < -0.39 is 4.92 Å². The third-order valence-electron chi connectivity index (χ3n) is 2.81. The highest BCUT2D eigenvalue weighted by Crippen LogP contribution is 2.24. The van der Waals surface area contributed by atoms with Crippen molar-refractivity contribution < 1.29 is 14.4 Å². The molecule has 0 spiro atoms. The number of aromatic nitrogens is 1. The zero-order valence-electron chi connectivity index (χ0n) is 12.6. The van der Waals surface area contributed by atoms with E-state index in [0.29, 0.717) is 19.0 Å². The lowest BCUT2D eigenvalue weighted by atomic mass is 10.3. The van der Waals surface area contributed by atoms with Gasteiger partial charge in [-0.05, 0) is 12.5 Å². The van der Waals surface area contributed by atoms with Crippen LogP contribution in [0.4, 0.5) is 17.3 Å². The number of ether oxygens (including phenoxy) is 2. The lowest BCUT2D eigenvalue weighted by molar-refractivity contribution is -0.384. The van der Waals surface area contributed by atoms with Crippen molar-refractivity contribution in [3.8, 4) is 0 Å². The molecule has 1 heterocycles. The van der Waals surface area contributed by atoms with E-state index in [4.69, 9.17) is 9.47 Å². The Labute approximate surface area is 124 Å². The molecule has 0 bridgehead atoms. The normalized spacial score (nSPS) is 12.0. The lowest BCUT2D eigenvalue weighted by Crippen LogP contribution is -2.27. The fourth-order valence-electron chi connectivity index (χ4n) is 1.69. The largest absolute Gasteiger partial charge is 0.382 e. The SMILES string of the molecule is CCCNc1ccc([N+](=O)[O-])c(NCC(COC)OC)n1. The van der Waals surface area contributed by atoms with Crippen LogP contribution in [0.5, 0.6) is 0 Å². The van der Waals surface area contributed by atoms with E-state index in [9.17, 15) is 10.1 Å². The summed E-state index contributed by atoms with van der Waals surface area (Å²) in [6, 6.07) is 3.04. The van der Waals surface area contributed by atoms with E-state index >= 15 is 0 Å². The molecule has 0 aliphatic heterocycles. The minimum absolute atomic E-state index is 0.0654. The number of methoxy groups -OCH3 is 2. The Morgan fingerprint density at radius 2 is 2.14 bits per heavy atom. The van der Waals surface area contributed by atoms with Crippen LogP contribution in [-0.2, 0) is 9.47 Å². The Hall–Kier alpha value is -1.93. The Morgan fingerprint density at radius 1 is 1.38 bits per heavy atom. The van der Waals surface area contributed by atoms with E-state index in [1.54, 1.807) is 20.3 Å². The summed E-state index contributed by atoms with van der Waals surface area (Å²) in [5, 5.41) is 17.1. The first kappa shape index (κ1) is 17.1. The maximum Gasteiger partial charge on any atom is 0.311 e. The molecule has 1 rings (SSSR count). The van der Waals surface area contributed by atoms with Gasteiger partial charge in [0.2, 0.25) is 5.82 Å². The second-order valence-corrected chi connectivity index (χ2v) is 4.44. The molecule has 1 aromatic rings. The molecule has 0 saturated carbocycles. The van der Waals surface area contributed by atoms with Crippen LogP contribution in [0.2, 0.25) is 0 Å². The van der Waals surface area contributed by atoms with Crippen molar-refractivity contribution in [3.63, 3.8) is 0 Å². The van der Waals surface area contributed by atoms with Crippen LogP contribution >= 0.6 is 0 Å². The highest BCUT2D eigenvalue weighted by molar-refractivity contribution is 5.60. The molecule has 0 aliphatic rings. The van der Waals surface area contributed by atoms with Gasteiger partial charge in [0, 0.05) is 33.4 Å². The number of hydrogen-bond acceptors (Lipinski definition) is 7.